The fourth-order valence-corrected chi connectivity index (χ4v) is 8.31. The third-order valence-electron chi connectivity index (χ3n) is 6.31. The molecule has 0 amide bonds. The molecule has 40 heavy (non-hydrogen) atoms. The number of benzene rings is 2. The number of rotatable bonds is 10. The van der Waals surface area contributed by atoms with E-state index in [4.69, 9.17) is 9.47 Å². The monoisotopic (exact) mass is 598 g/mol. The van der Waals surface area contributed by atoms with E-state index in [1.165, 1.54) is 51.7 Å². The smallest absolute Gasteiger partial charge is 0.149 e. The van der Waals surface area contributed by atoms with Crippen LogP contribution in [0.25, 0.3) is 40.4 Å². The zero-order valence-corrected chi connectivity index (χ0v) is 25.4. The van der Waals surface area contributed by atoms with Crippen LogP contribution in [-0.4, -0.2) is 13.2 Å². The van der Waals surface area contributed by atoms with Crippen molar-refractivity contribution < 1.29 is 9.47 Å². The minimum atomic E-state index is 0.406. The number of hydrogen-bond donors (Lipinski definition) is 0. The first-order valence-electron chi connectivity index (χ1n) is 13.0. The van der Waals surface area contributed by atoms with Gasteiger partial charge in [-0.1, -0.05) is 19.3 Å². The molecule has 0 fully saturated rings. The molecule has 6 rings (SSSR count). The Labute approximate surface area is 250 Å². The number of unbranched alkanes of at least 4 members (excludes halogenated alkanes) is 1. The molecule has 5 aromatic rings. The van der Waals surface area contributed by atoms with Gasteiger partial charge in [-0.05, 0) is 97.3 Å². The van der Waals surface area contributed by atoms with E-state index >= 15 is 0 Å². The molecule has 1 aliphatic heterocycles. The quantitative estimate of drug-likeness (QED) is 0.116. The fraction of sp³-hybridized carbons (Fsp3) is 0.188. The molecule has 0 radical (unpaired) electrons. The van der Waals surface area contributed by atoms with Crippen molar-refractivity contribution in [2.45, 2.75) is 26.7 Å². The Morgan fingerprint density at radius 3 is 1.70 bits per heavy atom. The third-order valence-corrected chi connectivity index (χ3v) is 10.6. The van der Waals surface area contributed by atoms with Crippen LogP contribution in [0.3, 0.4) is 0 Å². The topological polar surface area (TPSA) is 43.2 Å². The van der Waals surface area contributed by atoms with E-state index < -0.39 is 0 Å². The lowest BCUT2D eigenvalue weighted by Crippen LogP contribution is -1.95. The largest absolute Gasteiger partial charge is 0.494 e. The second-order valence-electron chi connectivity index (χ2n) is 9.02. The van der Waals surface area contributed by atoms with E-state index in [1.807, 2.05) is 19.1 Å². The lowest BCUT2D eigenvalue weighted by atomic mass is 10.2. The Morgan fingerprint density at radius 2 is 1.18 bits per heavy atom. The molecule has 0 atom stereocenters. The summed E-state index contributed by atoms with van der Waals surface area (Å²) in [5, 5.41) is 0. The van der Waals surface area contributed by atoms with Crippen LogP contribution in [0, 0.1) is 11.8 Å². The third kappa shape index (κ3) is 5.70. The zero-order chi connectivity index (χ0) is 27.3. The van der Waals surface area contributed by atoms with E-state index in [-0.39, 0.29) is 0 Å². The number of hydrogen-bond acceptors (Lipinski definition) is 7. The van der Waals surface area contributed by atoms with Crippen molar-refractivity contribution >= 4 is 56.7 Å². The van der Waals surface area contributed by atoms with Gasteiger partial charge in [-0.25, -0.2) is 0 Å². The van der Waals surface area contributed by atoms with E-state index in [9.17, 15) is 0 Å². The van der Waals surface area contributed by atoms with Crippen LogP contribution in [0.2, 0.25) is 0 Å². The standard InChI is InChI=1S/C32H26N2O2S4/c1-3-5-19-35-23-11-7-21(8-12-23)25-15-17-27(37-25)31-29-30(34-40-33-29)32(39-31)28-18-16-26(38-28)22-9-13-24(14-10-22)36-20-6-4-2/h7-18H,3,5,19-20H2,1-2H3. The van der Waals surface area contributed by atoms with Crippen molar-refractivity contribution in [2.75, 3.05) is 13.2 Å². The summed E-state index contributed by atoms with van der Waals surface area (Å²) in [5.41, 5.74) is 4.34. The van der Waals surface area contributed by atoms with Gasteiger partial charge < -0.3 is 9.47 Å². The predicted octanol–water partition coefficient (Wildman–Crippen LogP) is 10.8. The predicted molar refractivity (Wildman–Crippen MR) is 173 cm³/mol. The van der Waals surface area contributed by atoms with Gasteiger partial charge >= 0.3 is 0 Å². The summed E-state index contributed by atoms with van der Waals surface area (Å²) in [4.78, 5) is 7.22. The van der Waals surface area contributed by atoms with Crippen molar-refractivity contribution in [3.05, 3.63) is 72.8 Å². The van der Waals surface area contributed by atoms with Gasteiger partial charge in [-0.3, -0.25) is 0 Å². The summed E-state index contributed by atoms with van der Waals surface area (Å²) in [5.74, 6) is 7.53. The first-order chi connectivity index (χ1) is 19.7. The lowest BCUT2D eigenvalue weighted by molar-refractivity contribution is 0.309. The van der Waals surface area contributed by atoms with E-state index in [1.54, 1.807) is 34.0 Å². The summed E-state index contributed by atoms with van der Waals surface area (Å²) in [6.07, 6.45) is 2.21. The number of nitrogens with zero attached hydrogens (tertiary/aromatic N) is 2. The van der Waals surface area contributed by atoms with Crippen molar-refractivity contribution in [3.8, 4) is 63.7 Å². The van der Waals surface area contributed by atoms with Gasteiger partial charge in [0.05, 0.1) is 27.7 Å². The molecule has 0 bridgehead atoms. The van der Waals surface area contributed by atoms with Gasteiger partial charge in [0.1, 0.15) is 29.5 Å². The van der Waals surface area contributed by atoms with Gasteiger partial charge in [0, 0.05) is 19.5 Å². The normalized spacial score (nSPS) is 11.6. The molecule has 0 saturated heterocycles. The second-order valence-corrected chi connectivity index (χ2v) is 12.7. The van der Waals surface area contributed by atoms with Crippen molar-refractivity contribution in [3.63, 3.8) is 0 Å². The Balaban J connectivity index is 1.23. The maximum atomic E-state index is 5.83. The Hall–Kier alpha value is -3.48. The molecule has 0 N–H and O–H groups in total. The summed E-state index contributed by atoms with van der Waals surface area (Å²) in [7, 11) is 0. The Kier molecular flexibility index (Phi) is 8.26. The number of ether oxygens (including phenoxy) is 2. The van der Waals surface area contributed by atoms with Crippen LogP contribution >= 0.6 is 34.0 Å². The Bertz CT molecular complexity index is 1760. The molecule has 3 aromatic heterocycles. The van der Waals surface area contributed by atoms with Crippen molar-refractivity contribution in [1.82, 2.24) is 0 Å². The van der Waals surface area contributed by atoms with E-state index in [2.05, 4.69) is 88.2 Å². The molecule has 0 aliphatic carbocycles. The molecule has 0 unspecified atom stereocenters. The maximum absolute atomic E-state index is 5.83. The summed E-state index contributed by atoms with van der Waals surface area (Å²) in [6, 6.07) is 25.4. The van der Waals surface area contributed by atoms with Crippen LogP contribution in [0.5, 0.6) is 11.5 Å². The van der Waals surface area contributed by atoms with Gasteiger partial charge in [0.15, 0.2) is 0 Å². The second kappa shape index (κ2) is 12.4. The minimum Gasteiger partial charge on any atom is -0.494 e. The molecule has 4 heterocycles. The van der Waals surface area contributed by atoms with Gasteiger partial charge in [-0.15, -0.1) is 39.9 Å². The molecule has 0 saturated carbocycles. The van der Waals surface area contributed by atoms with Crippen molar-refractivity contribution in [1.29, 1.82) is 0 Å². The Morgan fingerprint density at radius 1 is 0.650 bits per heavy atom. The number of thiophene rings is 3. The van der Waals surface area contributed by atoms with Crippen LogP contribution in [0.15, 0.2) is 81.5 Å². The zero-order valence-electron chi connectivity index (χ0n) is 22.1. The van der Waals surface area contributed by atoms with Gasteiger partial charge in [0.25, 0.3) is 0 Å². The van der Waals surface area contributed by atoms with Crippen LogP contribution in [0.4, 0.5) is 11.4 Å². The SMILES string of the molecule is CC#CCOc1ccc(-c2ccc(-c3sc(-c4ccc(-c5ccc(OCCCC)cc5)s4)c4c3N=S=N4)s2)cc1. The first-order valence-corrected chi connectivity index (χ1v) is 16.2. The van der Waals surface area contributed by atoms with Gasteiger partial charge in [-0.2, -0.15) is 8.73 Å². The minimum absolute atomic E-state index is 0.406. The molecular weight excluding hydrogens is 573 g/mol. The molecule has 8 heteroatoms. The highest BCUT2D eigenvalue weighted by Gasteiger charge is 2.24. The molecule has 0 spiro atoms. The highest BCUT2D eigenvalue weighted by Crippen LogP contribution is 2.56. The van der Waals surface area contributed by atoms with Gasteiger partial charge in [0.2, 0.25) is 0 Å². The molecule has 4 nitrogen and oxygen atoms in total. The summed E-state index contributed by atoms with van der Waals surface area (Å²) < 4.78 is 20.9. The highest BCUT2D eigenvalue weighted by atomic mass is 32.1. The maximum Gasteiger partial charge on any atom is 0.149 e. The average molecular weight is 599 g/mol. The fourth-order valence-electron chi connectivity index (χ4n) is 4.21. The van der Waals surface area contributed by atoms with Crippen molar-refractivity contribution in [2.24, 2.45) is 8.73 Å². The van der Waals surface area contributed by atoms with E-state index in [0.29, 0.717) is 6.61 Å². The summed E-state index contributed by atoms with van der Waals surface area (Å²) in [6.45, 7) is 5.16. The van der Waals surface area contributed by atoms with Crippen LogP contribution < -0.4 is 9.47 Å². The van der Waals surface area contributed by atoms with E-state index in [0.717, 1.165) is 42.3 Å². The molecule has 1 aliphatic rings. The average Bonchev–Trinajstić information content (AvgIpc) is 3.79. The lowest BCUT2D eigenvalue weighted by Gasteiger charge is -2.05. The van der Waals surface area contributed by atoms with Crippen LogP contribution in [0.1, 0.15) is 26.7 Å². The highest BCUT2D eigenvalue weighted by molar-refractivity contribution is 7.58. The number of fused-ring (bicyclic) bond motifs is 1. The first kappa shape index (κ1) is 26.7. The molecular formula is C32H26N2O2S4. The molecule has 2 aromatic carbocycles. The molecule has 200 valence electrons. The van der Waals surface area contributed by atoms with Crippen LogP contribution in [-0.2, 0) is 11.4 Å². The summed E-state index contributed by atoms with van der Waals surface area (Å²) >= 11 is 6.63.